The standard InChI is InChI=1S/C12H10Cl2N2/c13-9-6-5-8(12(16)11(9)14)7-3-1-2-4-10(7)15/h1-6H,15-16H2. The lowest BCUT2D eigenvalue weighted by atomic mass is 10.0. The van der Waals surface area contributed by atoms with Crippen LogP contribution < -0.4 is 11.5 Å². The lowest BCUT2D eigenvalue weighted by Crippen LogP contribution is -1.95. The van der Waals surface area contributed by atoms with Gasteiger partial charge in [0, 0.05) is 16.8 Å². The summed E-state index contributed by atoms with van der Waals surface area (Å²) in [4.78, 5) is 0. The quantitative estimate of drug-likeness (QED) is 0.759. The summed E-state index contributed by atoms with van der Waals surface area (Å²) in [7, 11) is 0. The van der Waals surface area contributed by atoms with E-state index in [1.807, 2.05) is 30.3 Å². The first-order valence-electron chi connectivity index (χ1n) is 4.69. The van der Waals surface area contributed by atoms with E-state index in [-0.39, 0.29) is 0 Å². The normalized spacial score (nSPS) is 10.4. The van der Waals surface area contributed by atoms with Gasteiger partial charge in [-0.15, -0.1) is 0 Å². The molecule has 2 aromatic rings. The van der Waals surface area contributed by atoms with Crippen molar-refractivity contribution >= 4 is 34.6 Å². The number of nitrogen functional groups attached to an aromatic ring is 2. The van der Waals surface area contributed by atoms with Crippen LogP contribution in [0.15, 0.2) is 36.4 Å². The zero-order valence-electron chi connectivity index (χ0n) is 8.37. The predicted octanol–water partition coefficient (Wildman–Crippen LogP) is 3.82. The van der Waals surface area contributed by atoms with E-state index in [0.29, 0.717) is 21.4 Å². The average molecular weight is 253 g/mol. The van der Waals surface area contributed by atoms with Crippen LogP contribution in [0.2, 0.25) is 10.0 Å². The van der Waals surface area contributed by atoms with Crippen LogP contribution in [0.25, 0.3) is 11.1 Å². The maximum atomic E-state index is 5.99. The Bertz CT molecular complexity index is 539. The highest BCUT2D eigenvalue weighted by Gasteiger charge is 2.10. The summed E-state index contributed by atoms with van der Waals surface area (Å²) >= 11 is 11.9. The first-order chi connectivity index (χ1) is 7.61. The fourth-order valence-corrected chi connectivity index (χ4v) is 1.87. The van der Waals surface area contributed by atoms with Gasteiger partial charge in [-0.1, -0.05) is 47.5 Å². The minimum absolute atomic E-state index is 0.363. The summed E-state index contributed by atoms with van der Waals surface area (Å²) in [6.07, 6.45) is 0. The second-order valence-electron chi connectivity index (χ2n) is 3.41. The third-order valence-electron chi connectivity index (χ3n) is 2.38. The van der Waals surface area contributed by atoms with E-state index in [4.69, 9.17) is 34.7 Å². The van der Waals surface area contributed by atoms with Gasteiger partial charge in [-0.3, -0.25) is 0 Å². The smallest absolute Gasteiger partial charge is 0.0827 e. The molecule has 0 atom stereocenters. The number of rotatable bonds is 1. The van der Waals surface area contributed by atoms with Gasteiger partial charge in [0.25, 0.3) is 0 Å². The first kappa shape index (κ1) is 11.1. The fourth-order valence-electron chi connectivity index (χ4n) is 1.54. The Kier molecular flexibility index (Phi) is 2.95. The van der Waals surface area contributed by atoms with Crippen molar-refractivity contribution in [3.05, 3.63) is 46.4 Å². The number of anilines is 2. The minimum atomic E-state index is 0.363. The summed E-state index contributed by atoms with van der Waals surface area (Å²) in [5, 5.41) is 0.805. The summed E-state index contributed by atoms with van der Waals surface area (Å²) in [5.41, 5.74) is 14.6. The molecule has 0 bridgehead atoms. The number of benzene rings is 2. The van der Waals surface area contributed by atoms with Crippen LogP contribution in [0.1, 0.15) is 0 Å². The topological polar surface area (TPSA) is 52.0 Å². The summed E-state index contributed by atoms with van der Waals surface area (Å²) in [6, 6.07) is 11.0. The van der Waals surface area contributed by atoms with Gasteiger partial charge in [0.1, 0.15) is 0 Å². The first-order valence-corrected chi connectivity index (χ1v) is 5.45. The Morgan fingerprint density at radius 2 is 1.50 bits per heavy atom. The predicted molar refractivity (Wildman–Crippen MR) is 70.7 cm³/mol. The Morgan fingerprint density at radius 3 is 2.19 bits per heavy atom. The molecular weight excluding hydrogens is 243 g/mol. The molecule has 16 heavy (non-hydrogen) atoms. The molecule has 2 rings (SSSR count). The van der Waals surface area contributed by atoms with Gasteiger partial charge in [0.2, 0.25) is 0 Å². The van der Waals surface area contributed by atoms with Crippen molar-refractivity contribution < 1.29 is 0 Å². The number of para-hydroxylation sites is 1. The molecule has 0 amide bonds. The molecule has 0 saturated heterocycles. The largest absolute Gasteiger partial charge is 0.398 e. The minimum Gasteiger partial charge on any atom is -0.398 e. The Hall–Kier alpha value is -1.38. The van der Waals surface area contributed by atoms with Gasteiger partial charge >= 0.3 is 0 Å². The molecule has 82 valence electrons. The summed E-state index contributed by atoms with van der Waals surface area (Å²) < 4.78 is 0. The van der Waals surface area contributed by atoms with Crippen molar-refractivity contribution in [3.8, 4) is 11.1 Å². The van der Waals surface area contributed by atoms with Gasteiger partial charge < -0.3 is 11.5 Å². The van der Waals surface area contributed by atoms with Gasteiger partial charge in [-0.25, -0.2) is 0 Å². The highest BCUT2D eigenvalue weighted by atomic mass is 35.5. The van der Waals surface area contributed by atoms with E-state index in [9.17, 15) is 0 Å². The molecule has 0 aliphatic heterocycles. The maximum absolute atomic E-state index is 5.99. The van der Waals surface area contributed by atoms with Crippen LogP contribution in [-0.2, 0) is 0 Å². The molecule has 2 nitrogen and oxygen atoms in total. The number of halogens is 2. The number of hydrogen-bond donors (Lipinski definition) is 2. The molecule has 2 aromatic carbocycles. The fraction of sp³-hybridized carbons (Fsp3) is 0. The lowest BCUT2D eigenvalue weighted by molar-refractivity contribution is 1.60. The SMILES string of the molecule is Nc1ccccc1-c1ccc(Cl)c(Cl)c1N. The lowest BCUT2D eigenvalue weighted by Gasteiger charge is -2.10. The van der Waals surface area contributed by atoms with Gasteiger partial charge in [0.15, 0.2) is 0 Å². The van der Waals surface area contributed by atoms with Gasteiger partial charge in [-0.2, -0.15) is 0 Å². The van der Waals surface area contributed by atoms with Crippen LogP contribution in [0.3, 0.4) is 0 Å². The Balaban J connectivity index is 2.66. The summed E-state index contributed by atoms with van der Waals surface area (Å²) in [6.45, 7) is 0. The van der Waals surface area contributed by atoms with Crippen LogP contribution in [-0.4, -0.2) is 0 Å². The van der Waals surface area contributed by atoms with Crippen LogP contribution in [0.4, 0.5) is 11.4 Å². The van der Waals surface area contributed by atoms with E-state index in [1.54, 1.807) is 6.07 Å². The van der Waals surface area contributed by atoms with Crippen molar-refractivity contribution in [3.63, 3.8) is 0 Å². The maximum Gasteiger partial charge on any atom is 0.0827 e. The van der Waals surface area contributed by atoms with Crippen LogP contribution in [0.5, 0.6) is 0 Å². The van der Waals surface area contributed by atoms with E-state index >= 15 is 0 Å². The molecule has 0 radical (unpaired) electrons. The summed E-state index contributed by atoms with van der Waals surface area (Å²) in [5.74, 6) is 0. The number of nitrogens with two attached hydrogens (primary N) is 2. The zero-order valence-corrected chi connectivity index (χ0v) is 9.89. The molecular formula is C12H10Cl2N2. The molecule has 0 aromatic heterocycles. The Labute approximate surface area is 104 Å². The average Bonchev–Trinajstić information content (AvgIpc) is 2.28. The van der Waals surface area contributed by atoms with E-state index in [0.717, 1.165) is 11.1 Å². The van der Waals surface area contributed by atoms with E-state index < -0.39 is 0 Å². The van der Waals surface area contributed by atoms with Crippen molar-refractivity contribution in [2.75, 3.05) is 11.5 Å². The molecule has 0 unspecified atom stereocenters. The molecule has 0 aliphatic rings. The van der Waals surface area contributed by atoms with Gasteiger partial charge in [0.05, 0.1) is 15.7 Å². The molecule has 0 spiro atoms. The molecule has 0 saturated carbocycles. The van der Waals surface area contributed by atoms with Crippen molar-refractivity contribution in [1.29, 1.82) is 0 Å². The Morgan fingerprint density at radius 1 is 0.812 bits per heavy atom. The second-order valence-corrected chi connectivity index (χ2v) is 4.20. The molecule has 0 aliphatic carbocycles. The molecule has 0 heterocycles. The monoisotopic (exact) mass is 252 g/mol. The highest BCUT2D eigenvalue weighted by molar-refractivity contribution is 6.44. The highest BCUT2D eigenvalue weighted by Crippen LogP contribution is 2.38. The zero-order chi connectivity index (χ0) is 11.7. The number of hydrogen-bond acceptors (Lipinski definition) is 2. The third-order valence-corrected chi connectivity index (χ3v) is 3.20. The molecule has 0 fully saturated rings. The van der Waals surface area contributed by atoms with E-state index in [2.05, 4.69) is 0 Å². The van der Waals surface area contributed by atoms with Crippen LogP contribution in [0, 0.1) is 0 Å². The molecule has 4 heteroatoms. The van der Waals surface area contributed by atoms with Gasteiger partial charge in [-0.05, 0) is 12.1 Å². The van der Waals surface area contributed by atoms with E-state index in [1.165, 1.54) is 0 Å². The molecule has 4 N–H and O–H groups in total. The second kappa shape index (κ2) is 4.24. The third kappa shape index (κ3) is 1.82. The van der Waals surface area contributed by atoms with Crippen molar-refractivity contribution in [2.24, 2.45) is 0 Å². The van der Waals surface area contributed by atoms with Crippen LogP contribution >= 0.6 is 23.2 Å². The van der Waals surface area contributed by atoms with Crippen molar-refractivity contribution in [2.45, 2.75) is 0 Å². The van der Waals surface area contributed by atoms with Crippen molar-refractivity contribution in [1.82, 2.24) is 0 Å².